The fraction of sp³-hybridized carbons (Fsp3) is 0.500. The molecular weight excluding hydrogens is 272 g/mol. The Kier molecular flexibility index (Phi) is 3.38. The SMILES string of the molecule is CC(Nc1ncncc1Br)C(=O)NC1CC1. The first-order valence-corrected chi connectivity index (χ1v) is 5.98. The lowest BCUT2D eigenvalue weighted by molar-refractivity contribution is -0.121. The van der Waals surface area contributed by atoms with Gasteiger partial charge < -0.3 is 10.6 Å². The Morgan fingerprint density at radius 1 is 1.62 bits per heavy atom. The van der Waals surface area contributed by atoms with Crippen molar-refractivity contribution in [1.82, 2.24) is 15.3 Å². The number of hydrogen-bond acceptors (Lipinski definition) is 4. The van der Waals surface area contributed by atoms with Gasteiger partial charge in [0.2, 0.25) is 5.91 Å². The highest BCUT2D eigenvalue weighted by Crippen LogP contribution is 2.20. The van der Waals surface area contributed by atoms with Gasteiger partial charge in [0, 0.05) is 12.2 Å². The summed E-state index contributed by atoms with van der Waals surface area (Å²) in [6.07, 6.45) is 5.27. The maximum Gasteiger partial charge on any atom is 0.242 e. The largest absolute Gasteiger partial charge is 0.358 e. The molecular formula is C10H13BrN4O. The molecule has 5 nitrogen and oxygen atoms in total. The topological polar surface area (TPSA) is 66.9 Å². The third kappa shape index (κ3) is 2.91. The van der Waals surface area contributed by atoms with Crippen molar-refractivity contribution in [2.45, 2.75) is 31.8 Å². The van der Waals surface area contributed by atoms with Crippen LogP contribution in [0.15, 0.2) is 17.0 Å². The number of anilines is 1. The summed E-state index contributed by atoms with van der Waals surface area (Å²) in [7, 11) is 0. The lowest BCUT2D eigenvalue weighted by atomic mass is 10.3. The van der Waals surface area contributed by atoms with Gasteiger partial charge in [0.15, 0.2) is 0 Å². The molecule has 1 saturated carbocycles. The maximum atomic E-state index is 11.7. The molecule has 0 radical (unpaired) electrons. The quantitative estimate of drug-likeness (QED) is 0.875. The number of halogens is 1. The lowest BCUT2D eigenvalue weighted by Gasteiger charge is -2.14. The first kappa shape index (κ1) is 11.3. The van der Waals surface area contributed by atoms with Gasteiger partial charge in [-0.05, 0) is 35.7 Å². The second-order valence-electron chi connectivity index (χ2n) is 3.87. The van der Waals surface area contributed by atoms with E-state index in [1.165, 1.54) is 6.33 Å². The second kappa shape index (κ2) is 4.78. The molecule has 2 rings (SSSR count). The van der Waals surface area contributed by atoms with Gasteiger partial charge >= 0.3 is 0 Å². The molecule has 2 N–H and O–H groups in total. The number of nitrogens with zero attached hydrogens (tertiary/aromatic N) is 2. The van der Waals surface area contributed by atoms with Crippen molar-refractivity contribution in [3.8, 4) is 0 Å². The fourth-order valence-electron chi connectivity index (χ4n) is 1.24. The van der Waals surface area contributed by atoms with Gasteiger partial charge in [-0.2, -0.15) is 0 Å². The summed E-state index contributed by atoms with van der Waals surface area (Å²) in [5.41, 5.74) is 0. The molecule has 1 amide bonds. The van der Waals surface area contributed by atoms with Crippen molar-refractivity contribution in [3.63, 3.8) is 0 Å². The van der Waals surface area contributed by atoms with Crippen molar-refractivity contribution in [1.29, 1.82) is 0 Å². The fourth-order valence-corrected chi connectivity index (χ4v) is 1.58. The molecule has 1 aliphatic rings. The zero-order valence-electron chi connectivity index (χ0n) is 8.90. The van der Waals surface area contributed by atoms with E-state index in [1.54, 1.807) is 6.20 Å². The average molecular weight is 285 g/mol. The van der Waals surface area contributed by atoms with Crippen molar-refractivity contribution in [2.75, 3.05) is 5.32 Å². The van der Waals surface area contributed by atoms with E-state index in [9.17, 15) is 4.79 Å². The van der Waals surface area contributed by atoms with Crippen LogP contribution in [0, 0.1) is 0 Å². The Balaban J connectivity index is 1.92. The standard InChI is InChI=1S/C10H13BrN4O/c1-6(10(16)15-7-2-3-7)14-9-8(11)4-12-5-13-9/h4-7H,2-3H2,1H3,(H,15,16)(H,12,13,14). The minimum atomic E-state index is -0.299. The normalized spacial score (nSPS) is 16.6. The molecule has 1 unspecified atom stereocenters. The van der Waals surface area contributed by atoms with E-state index >= 15 is 0 Å². The number of carbonyl (C=O) groups is 1. The van der Waals surface area contributed by atoms with E-state index in [4.69, 9.17) is 0 Å². The monoisotopic (exact) mass is 284 g/mol. The van der Waals surface area contributed by atoms with Crippen molar-refractivity contribution in [2.24, 2.45) is 0 Å². The first-order chi connectivity index (χ1) is 7.66. The van der Waals surface area contributed by atoms with Crippen molar-refractivity contribution < 1.29 is 4.79 Å². The number of rotatable bonds is 4. The zero-order valence-corrected chi connectivity index (χ0v) is 10.5. The Bertz CT molecular complexity index is 394. The Hall–Kier alpha value is -1.17. The number of amides is 1. The van der Waals surface area contributed by atoms with Crippen LogP contribution >= 0.6 is 15.9 Å². The maximum absolute atomic E-state index is 11.7. The van der Waals surface area contributed by atoms with Crippen LogP contribution in [0.3, 0.4) is 0 Å². The molecule has 16 heavy (non-hydrogen) atoms. The molecule has 1 atom stereocenters. The van der Waals surface area contributed by atoms with Gasteiger partial charge in [-0.25, -0.2) is 9.97 Å². The Morgan fingerprint density at radius 2 is 2.38 bits per heavy atom. The highest BCUT2D eigenvalue weighted by atomic mass is 79.9. The summed E-state index contributed by atoms with van der Waals surface area (Å²) in [5, 5.41) is 5.97. The molecule has 0 saturated heterocycles. The van der Waals surface area contributed by atoms with Gasteiger partial charge in [0.05, 0.1) is 4.47 Å². The van der Waals surface area contributed by atoms with Gasteiger partial charge in [0.25, 0.3) is 0 Å². The van der Waals surface area contributed by atoms with Gasteiger partial charge in [-0.15, -0.1) is 0 Å². The van der Waals surface area contributed by atoms with Crippen LogP contribution in [0.25, 0.3) is 0 Å². The summed E-state index contributed by atoms with van der Waals surface area (Å²) < 4.78 is 0.751. The molecule has 6 heteroatoms. The molecule has 1 fully saturated rings. The van der Waals surface area contributed by atoms with Crippen LogP contribution in [-0.4, -0.2) is 28.0 Å². The minimum Gasteiger partial charge on any atom is -0.358 e. The predicted octanol–water partition coefficient (Wildman–Crippen LogP) is 1.32. The van der Waals surface area contributed by atoms with Crippen LogP contribution < -0.4 is 10.6 Å². The number of carbonyl (C=O) groups excluding carboxylic acids is 1. The smallest absolute Gasteiger partial charge is 0.242 e. The van der Waals surface area contributed by atoms with E-state index in [0.29, 0.717) is 11.9 Å². The second-order valence-corrected chi connectivity index (χ2v) is 4.72. The van der Waals surface area contributed by atoms with E-state index in [1.807, 2.05) is 6.92 Å². The molecule has 0 spiro atoms. The highest BCUT2D eigenvalue weighted by Gasteiger charge is 2.25. The minimum absolute atomic E-state index is 0.00742. The third-order valence-corrected chi connectivity index (χ3v) is 2.92. The predicted molar refractivity (Wildman–Crippen MR) is 64.0 cm³/mol. The molecule has 0 aromatic carbocycles. The summed E-state index contributed by atoms with van der Waals surface area (Å²) >= 11 is 3.32. The Morgan fingerprint density at radius 3 is 3.00 bits per heavy atom. The number of hydrogen-bond donors (Lipinski definition) is 2. The van der Waals surface area contributed by atoms with Crippen LogP contribution in [-0.2, 0) is 4.79 Å². The average Bonchev–Trinajstić information content (AvgIpc) is 3.05. The van der Waals surface area contributed by atoms with Crippen molar-refractivity contribution in [3.05, 3.63) is 17.0 Å². The molecule has 1 aromatic rings. The van der Waals surface area contributed by atoms with E-state index in [0.717, 1.165) is 17.3 Å². The van der Waals surface area contributed by atoms with Gasteiger partial charge in [-0.3, -0.25) is 4.79 Å². The number of aromatic nitrogens is 2. The summed E-state index contributed by atoms with van der Waals surface area (Å²) in [6, 6.07) is 0.0809. The molecule has 1 heterocycles. The van der Waals surface area contributed by atoms with Crippen LogP contribution in [0.1, 0.15) is 19.8 Å². The van der Waals surface area contributed by atoms with Crippen LogP contribution in [0.2, 0.25) is 0 Å². The molecule has 0 bridgehead atoms. The van der Waals surface area contributed by atoms with E-state index in [2.05, 4.69) is 36.5 Å². The number of nitrogens with one attached hydrogen (secondary N) is 2. The van der Waals surface area contributed by atoms with E-state index in [-0.39, 0.29) is 11.9 Å². The Labute approximate surface area is 102 Å². The zero-order chi connectivity index (χ0) is 11.5. The van der Waals surface area contributed by atoms with Gasteiger partial charge in [-0.1, -0.05) is 0 Å². The van der Waals surface area contributed by atoms with E-state index < -0.39 is 0 Å². The summed E-state index contributed by atoms with van der Waals surface area (Å²) in [4.78, 5) is 19.6. The summed E-state index contributed by atoms with van der Waals surface area (Å²) in [5.74, 6) is 0.640. The molecule has 1 aliphatic carbocycles. The molecule has 0 aliphatic heterocycles. The summed E-state index contributed by atoms with van der Waals surface area (Å²) in [6.45, 7) is 1.81. The first-order valence-electron chi connectivity index (χ1n) is 5.19. The lowest BCUT2D eigenvalue weighted by Crippen LogP contribution is -2.38. The van der Waals surface area contributed by atoms with Crippen LogP contribution in [0.5, 0.6) is 0 Å². The van der Waals surface area contributed by atoms with Crippen LogP contribution in [0.4, 0.5) is 5.82 Å². The third-order valence-electron chi connectivity index (χ3n) is 2.34. The van der Waals surface area contributed by atoms with Crippen molar-refractivity contribution >= 4 is 27.7 Å². The molecule has 86 valence electrons. The van der Waals surface area contributed by atoms with Gasteiger partial charge in [0.1, 0.15) is 18.2 Å². The molecule has 1 aromatic heterocycles. The highest BCUT2D eigenvalue weighted by molar-refractivity contribution is 9.10.